The van der Waals surface area contributed by atoms with Crippen LogP contribution in [-0.4, -0.2) is 30.6 Å². The van der Waals surface area contributed by atoms with Crippen LogP contribution in [0, 0.1) is 0 Å². The molecule has 4 rings (SSSR count). The number of rotatable bonds is 8. The van der Waals surface area contributed by atoms with Crippen LogP contribution in [-0.2, 0) is 24.4 Å². The Bertz CT molecular complexity index is 1100. The minimum Gasteiger partial charge on any atom is -0.467 e. The Labute approximate surface area is 160 Å². The summed E-state index contributed by atoms with van der Waals surface area (Å²) in [6.07, 6.45) is 6.64. The number of nitrogens with zero attached hydrogens (tertiary/aromatic N) is 4. The molecule has 1 aliphatic carbocycles. The molecular weight excluding hydrogens is 362 g/mol. The molecule has 9 nitrogen and oxygen atoms in total. The molecule has 0 spiro atoms. The number of furan rings is 1. The summed E-state index contributed by atoms with van der Waals surface area (Å²) in [5.74, 6) is 0.350. The maximum absolute atomic E-state index is 13.1. The Hall–Kier alpha value is -3.10. The molecule has 28 heavy (non-hydrogen) atoms. The van der Waals surface area contributed by atoms with E-state index >= 15 is 0 Å². The Kier molecular flexibility index (Phi) is 4.89. The number of carbonyl (C=O) groups excluding carboxylic acids is 1. The molecule has 0 aromatic carbocycles. The zero-order valence-corrected chi connectivity index (χ0v) is 15.8. The Morgan fingerprint density at radius 2 is 2.14 bits per heavy atom. The lowest BCUT2D eigenvalue weighted by molar-refractivity contribution is -0.121. The van der Waals surface area contributed by atoms with Gasteiger partial charge in [-0.25, -0.2) is 14.3 Å². The Balaban J connectivity index is 1.80. The van der Waals surface area contributed by atoms with Crippen LogP contribution in [0.5, 0.6) is 0 Å². The highest BCUT2D eigenvalue weighted by Crippen LogP contribution is 2.18. The Morgan fingerprint density at radius 3 is 2.82 bits per heavy atom. The summed E-state index contributed by atoms with van der Waals surface area (Å²) >= 11 is 0. The van der Waals surface area contributed by atoms with Gasteiger partial charge in [0.25, 0.3) is 5.56 Å². The molecule has 148 valence electrons. The van der Waals surface area contributed by atoms with E-state index in [0.717, 1.165) is 30.3 Å². The Morgan fingerprint density at radius 1 is 1.32 bits per heavy atom. The van der Waals surface area contributed by atoms with Crippen LogP contribution in [0.4, 0.5) is 0 Å². The summed E-state index contributed by atoms with van der Waals surface area (Å²) in [5, 5.41) is 2.83. The molecular formula is C19H23N5O4. The molecule has 0 bridgehead atoms. The molecule has 3 aromatic rings. The van der Waals surface area contributed by atoms with Gasteiger partial charge >= 0.3 is 5.69 Å². The smallest absolute Gasteiger partial charge is 0.333 e. The second-order valence-corrected chi connectivity index (χ2v) is 7.14. The molecule has 9 heteroatoms. The van der Waals surface area contributed by atoms with Crippen molar-refractivity contribution in [3.8, 4) is 0 Å². The molecule has 1 aliphatic rings. The highest BCUT2D eigenvalue weighted by molar-refractivity contribution is 5.77. The van der Waals surface area contributed by atoms with E-state index in [9.17, 15) is 14.4 Å². The number of hydrogen-bond donors (Lipinski definition) is 1. The fraction of sp³-hybridized carbons (Fsp3) is 0.474. The molecule has 1 amide bonds. The standard InChI is InChI=1S/C19H23N5O4/c1-2-3-8-23-17-16(22(12-20-17)10-14-5-4-9-28-14)18(26)24(19(23)27)11-15(25)21-13-6-7-13/h4-5,9,12-13H,2-3,6-8,10-11H2,1H3,(H,21,25). The lowest BCUT2D eigenvalue weighted by atomic mass is 10.3. The topological polar surface area (TPSA) is 104 Å². The second-order valence-electron chi connectivity index (χ2n) is 7.14. The predicted octanol–water partition coefficient (Wildman–Crippen LogP) is 1.08. The van der Waals surface area contributed by atoms with Gasteiger partial charge in [-0.1, -0.05) is 13.3 Å². The normalized spacial score (nSPS) is 13.9. The van der Waals surface area contributed by atoms with Gasteiger partial charge < -0.3 is 14.3 Å². The van der Waals surface area contributed by atoms with Gasteiger partial charge in [0.05, 0.1) is 19.1 Å². The minimum atomic E-state index is -0.511. The van der Waals surface area contributed by atoms with Crippen LogP contribution in [0.15, 0.2) is 38.7 Å². The molecule has 1 saturated carbocycles. The number of unbranched alkanes of at least 4 members (excludes halogenated alkanes) is 1. The van der Waals surface area contributed by atoms with Gasteiger partial charge in [-0.05, 0) is 31.4 Å². The van der Waals surface area contributed by atoms with Crippen molar-refractivity contribution in [1.29, 1.82) is 0 Å². The third kappa shape index (κ3) is 3.51. The van der Waals surface area contributed by atoms with Crippen molar-refractivity contribution in [2.75, 3.05) is 0 Å². The van der Waals surface area contributed by atoms with E-state index < -0.39 is 11.2 Å². The number of fused-ring (bicyclic) bond motifs is 1. The quantitative estimate of drug-likeness (QED) is 0.625. The summed E-state index contributed by atoms with van der Waals surface area (Å²) < 4.78 is 9.53. The number of amides is 1. The second kappa shape index (κ2) is 7.49. The van der Waals surface area contributed by atoms with Crippen LogP contribution in [0.25, 0.3) is 11.2 Å². The predicted molar refractivity (Wildman–Crippen MR) is 102 cm³/mol. The molecule has 0 aliphatic heterocycles. The van der Waals surface area contributed by atoms with Crippen molar-refractivity contribution in [3.05, 3.63) is 51.3 Å². The van der Waals surface area contributed by atoms with Crippen molar-refractivity contribution in [2.24, 2.45) is 0 Å². The average Bonchev–Trinajstić information content (AvgIpc) is 3.16. The highest BCUT2D eigenvalue weighted by Gasteiger charge is 2.25. The van der Waals surface area contributed by atoms with Crippen LogP contribution < -0.4 is 16.6 Å². The zero-order chi connectivity index (χ0) is 19.7. The number of imidazole rings is 1. The molecule has 0 unspecified atom stereocenters. The van der Waals surface area contributed by atoms with Gasteiger partial charge in [-0.15, -0.1) is 0 Å². The largest absolute Gasteiger partial charge is 0.467 e. The van der Waals surface area contributed by atoms with Gasteiger partial charge in [0.15, 0.2) is 11.2 Å². The third-order valence-electron chi connectivity index (χ3n) is 4.87. The summed E-state index contributed by atoms with van der Waals surface area (Å²) in [6.45, 7) is 2.49. The first-order valence-corrected chi connectivity index (χ1v) is 9.58. The van der Waals surface area contributed by atoms with E-state index in [0.29, 0.717) is 30.0 Å². The van der Waals surface area contributed by atoms with Crippen molar-refractivity contribution >= 4 is 17.1 Å². The zero-order valence-electron chi connectivity index (χ0n) is 15.8. The van der Waals surface area contributed by atoms with E-state index in [1.165, 1.54) is 10.9 Å². The number of nitrogens with one attached hydrogen (secondary N) is 1. The fourth-order valence-corrected chi connectivity index (χ4v) is 3.23. The average molecular weight is 385 g/mol. The van der Waals surface area contributed by atoms with Crippen molar-refractivity contribution in [1.82, 2.24) is 24.0 Å². The van der Waals surface area contributed by atoms with Gasteiger partial charge in [0, 0.05) is 12.6 Å². The van der Waals surface area contributed by atoms with E-state index in [1.54, 1.807) is 23.0 Å². The van der Waals surface area contributed by atoms with Gasteiger partial charge in [0.2, 0.25) is 5.91 Å². The minimum absolute atomic E-state index is 0.165. The van der Waals surface area contributed by atoms with Gasteiger partial charge in [-0.2, -0.15) is 0 Å². The third-order valence-corrected chi connectivity index (χ3v) is 4.87. The first-order chi connectivity index (χ1) is 13.6. The van der Waals surface area contributed by atoms with Crippen molar-refractivity contribution in [2.45, 2.75) is 58.3 Å². The highest BCUT2D eigenvalue weighted by atomic mass is 16.3. The number of carbonyl (C=O) groups is 1. The monoisotopic (exact) mass is 385 g/mol. The maximum Gasteiger partial charge on any atom is 0.333 e. The number of aryl methyl sites for hydroxylation is 1. The van der Waals surface area contributed by atoms with Crippen LogP contribution in [0.1, 0.15) is 38.4 Å². The molecule has 0 atom stereocenters. The maximum atomic E-state index is 13.1. The summed E-state index contributed by atoms with van der Waals surface area (Å²) in [7, 11) is 0. The lowest BCUT2D eigenvalue weighted by Gasteiger charge is -2.12. The molecule has 1 N–H and O–H groups in total. The van der Waals surface area contributed by atoms with Crippen molar-refractivity contribution in [3.63, 3.8) is 0 Å². The molecule has 0 saturated heterocycles. The van der Waals surface area contributed by atoms with E-state index in [2.05, 4.69) is 10.3 Å². The first-order valence-electron chi connectivity index (χ1n) is 9.58. The van der Waals surface area contributed by atoms with Crippen LogP contribution in [0.2, 0.25) is 0 Å². The van der Waals surface area contributed by atoms with Gasteiger partial charge in [0.1, 0.15) is 12.3 Å². The number of aromatic nitrogens is 4. The fourth-order valence-electron chi connectivity index (χ4n) is 3.23. The number of hydrogen-bond acceptors (Lipinski definition) is 5. The van der Waals surface area contributed by atoms with E-state index in [4.69, 9.17) is 4.42 Å². The SMILES string of the molecule is CCCCn1c(=O)n(CC(=O)NC2CC2)c(=O)c2c1ncn2Cc1ccco1. The van der Waals surface area contributed by atoms with Crippen LogP contribution >= 0.6 is 0 Å². The van der Waals surface area contributed by atoms with E-state index in [1.807, 2.05) is 6.92 Å². The summed E-state index contributed by atoms with van der Waals surface area (Å²) in [6, 6.07) is 3.74. The molecule has 0 radical (unpaired) electrons. The lowest BCUT2D eigenvalue weighted by Crippen LogP contribution is -2.44. The summed E-state index contributed by atoms with van der Waals surface area (Å²) in [4.78, 5) is 42.6. The molecule has 1 fully saturated rings. The summed E-state index contributed by atoms with van der Waals surface area (Å²) in [5.41, 5.74) is -0.372. The van der Waals surface area contributed by atoms with E-state index in [-0.39, 0.29) is 18.5 Å². The molecule has 3 heterocycles. The van der Waals surface area contributed by atoms with Gasteiger partial charge in [-0.3, -0.25) is 14.2 Å². The van der Waals surface area contributed by atoms with Crippen LogP contribution in [0.3, 0.4) is 0 Å². The van der Waals surface area contributed by atoms with Crippen molar-refractivity contribution < 1.29 is 9.21 Å². The first kappa shape index (κ1) is 18.3. The molecule has 3 aromatic heterocycles.